The zero-order valence-electron chi connectivity index (χ0n) is 4.04. The number of nitrogens with zero attached hydrogens (tertiary/aromatic N) is 1. The Morgan fingerprint density at radius 2 is 2.50 bits per heavy atom. The highest BCUT2D eigenvalue weighted by Gasteiger charge is 1.99. The van der Waals surface area contributed by atoms with Crippen molar-refractivity contribution in [2.24, 2.45) is 5.73 Å². The Bertz CT molecular complexity index is 143. The van der Waals surface area contributed by atoms with Gasteiger partial charge in [-0.1, -0.05) is 0 Å². The lowest BCUT2D eigenvalue weighted by Gasteiger charge is -2.13. The second kappa shape index (κ2) is 2.25. The first-order chi connectivity index (χ1) is 3.80. The third-order valence-corrected chi connectivity index (χ3v) is 1.58. The van der Waals surface area contributed by atoms with Crippen LogP contribution < -0.4 is 5.73 Å². The average Bonchev–Trinajstić information content (AvgIpc) is 1.77. The fourth-order valence-corrected chi connectivity index (χ4v) is 0.579. The summed E-state index contributed by atoms with van der Waals surface area (Å²) in [6.45, 7) is 0. The lowest BCUT2D eigenvalue weighted by atomic mass is 10.7. The number of rotatable bonds is 0. The van der Waals surface area contributed by atoms with Crippen molar-refractivity contribution in [3.63, 3.8) is 0 Å². The van der Waals surface area contributed by atoms with Gasteiger partial charge in [0.2, 0.25) is 0 Å². The molecule has 0 saturated carbocycles. The van der Waals surface area contributed by atoms with E-state index in [0.717, 1.165) is 0 Å². The Kier molecular flexibility index (Phi) is 1.62. The van der Waals surface area contributed by atoms with Gasteiger partial charge >= 0.3 is 0 Å². The van der Waals surface area contributed by atoms with Gasteiger partial charge in [-0.25, -0.2) is 0 Å². The predicted octanol–water partition coefficient (Wildman–Crippen LogP) is 0.897. The average molecular weight is 224 g/mol. The number of ether oxygens (including phenoxy) is 1. The van der Waals surface area contributed by atoms with Gasteiger partial charge in [0, 0.05) is 0 Å². The van der Waals surface area contributed by atoms with Crippen LogP contribution >= 0.6 is 22.9 Å². The van der Waals surface area contributed by atoms with E-state index in [-0.39, 0.29) is 0 Å². The second-order valence-electron chi connectivity index (χ2n) is 1.28. The van der Waals surface area contributed by atoms with Gasteiger partial charge in [0.15, 0.2) is 0 Å². The highest BCUT2D eigenvalue weighted by molar-refractivity contribution is 14.1. The van der Waals surface area contributed by atoms with Crippen molar-refractivity contribution in [3.05, 3.63) is 24.5 Å². The highest BCUT2D eigenvalue weighted by atomic mass is 127. The molecule has 44 valence electrons. The molecule has 4 heteroatoms. The fraction of sp³-hybridized carbons (Fsp3) is 0. The third-order valence-electron chi connectivity index (χ3n) is 0.706. The predicted molar refractivity (Wildman–Crippen MR) is 38.4 cm³/mol. The van der Waals surface area contributed by atoms with E-state index < -0.39 is 0 Å². The van der Waals surface area contributed by atoms with Crippen molar-refractivity contribution in [2.45, 2.75) is 0 Å². The minimum Gasteiger partial charge on any atom is -0.467 e. The summed E-state index contributed by atoms with van der Waals surface area (Å²) >= 11 is 2.06. The van der Waals surface area contributed by atoms with Gasteiger partial charge in [0.1, 0.15) is 18.3 Å². The molecule has 0 bridgehead atoms. The molecule has 0 unspecified atom stereocenters. The molecule has 0 amide bonds. The maximum atomic E-state index is 5.38. The van der Waals surface area contributed by atoms with Crippen LogP contribution in [0.1, 0.15) is 0 Å². The Morgan fingerprint density at radius 1 is 1.75 bits per heavy atom. The van der Waals surface area contributed by atoms with Crippen LogP contribution in [0, 0.1) is 0 Å². The van der Waals surface area contributed by atoms with Gasteiger partial charge in [0.05, 0.1) is 29.1 Å². The first-order valence-corrected chi connectivity index (χ1v) is 3.00. The van der Waals surface area contributed by atoms with E-state index in [2.05, 4.69) is 22.9 Å². The van der Waals surface area contributed by atoms with Crippen molar-refractivity contribution in [2.75, 3.05) is 0 Å². The van der Waals surface area contributed by atoms with Crippen LogP contribution in [-0.2, 0) is 4.74 Å². The van der Waals surface area contributed by atoms with Gasteiger partial charge in [0.25, 0.3) is 0 Å². The molecule has 0 aromatic rings. The van der Waals surface area contributed by atoms with Crippen molar-refractivity contribution in [1.29, 1.82) is 0 Å². The number of halogens is 1. The highest BCUT2D eigenvalue weighted by Crippen LogP contribution is 2.10. The number of nitrogens with two attached hydrogens (primary N) is 1. The molecule has 8 heavy (non-hydrogen) atoms. The fourth-order valence-electron chi connectivity index (χ4n) is 0.334. The maximum Gasteiger partial charge on any atom is 0.148 e. The van der Waals surface area contributed by atoms with Gasteiger partial charge < -0.3 is 10.5 Å². The molecule has 0 aromatic heterocycles. The summed E-state index contributed by atoms with van der Waals surface area (Å²) in [7, 11) is 0. The smallest absolute Gasteiger partial charge is 0.148 e. The summed E-state index contributed by atoms with van der Waals surface area (Å²) in [6.07, 6.45) is 4.77. The van der Waals surface area contributed by atoms with Crippen molar-refractivity contribution < 1.29 is 4.74 Å². The van der Waals surface area contributed by atoms with Crippen LogP contribution in [0.3, 0.4) is 0 Å². The molecule has 1 aliphatic heterocycles. The molecule has 0 fully saturated rings. The normalized spacial score (nSPS) is 17.6. The van der Waals surface area contributed by atoms with Gasteiger partial charge in [-0.3, -0.25) is 3.11 Å². The Morgan fingerprint density at radius 3 is 2.88 bits per heavy atom. The number of hydrogen-bond donors (Lipinski definition) is 1. The van der Waals surface area contributed by atoms with E-state index in [0.29, 0.717) is 5.82 Å². The van der Waals surface area contributed by atoms with Crippen molar-refractivity contribution >= 4 is 22.9 Å². The monoisotopic (exact) mass is 224 g/mol. The summed E-state index contributed by atoms with van der Waals surface area (Å²) in [5.41, 5.74) is 5.38. The molecule has 0 aliphatic carbocycles. The van der Waals surface area contributed by atoms with E-state index in [4.69, 9.17) is 10.5 Å². The molecule has 0 radical (unpaired) electrons. The topological polar surface area (TPSA) is 38.5 Å². The van der Waals surface area contributed by atoms with Crippen LogP contribution in [0.15, 0.2) is 24.5 Å². The molecule has 0 saturated heterocycles. The Labute approximate surface area is 61.3 Å². The van der Waals surface area contributed by atoms with Gasteiger partial charge in [-0.15, -0.1) is 0 Å². The van der Waals surface area contributed by atoms with E-state index in [1.165, 1.54) is 6.26 Å². The zero-order valence-corrected chi connectivity index (χ0v) is 6.20. The van der Waals surface area contributed by atoms with Gasteiger partial charge in [-0.2, -0.15) is 0 Å². The molecule has 0 aromatic carbocycles. The van der Waals surface area contributed by atoms with Crippen molar-refractivity contribution in [3.8, 4) is 0 Å². The minimum atomic E-state index is 0.605. The molecule has 0 spiro atoms. The molecule has 1 heterocycles. The lowest BCUT2D eigenvalue weighted by Crippen LogP contribution is -2.14. The maximum absolute atomic E-state index is 5.38. The van der Waals surface area contributed by atoms with E-state index in [9.17, 15) is 0 Å². The first-order valence-electron chi connectivity index (χ1n) is 2.03. The van der Waals surface area contributed by atoms with E-state index >= 15 is 0 Å². The molecule has 1 aliphatic rings. The molecule has 0 atom stereocenters. The standard InChI is InChI=1S/C4H5IN2O/c5-7-1-2-8-3-4(7)6/h1-3H,6H2. The largest absolute Gasteiger partial charge is 0.467 e. The van der Waals surface area contributed by atoms with E-state index in [1.54, 1.807) is 15.6 Å². The molecular weight excluding hydrogens is 219 g/mol. The molecule has 2 N–H and O–H groups in total. The Hall–Kier alpha value is -0.390. The van der Waals surface area contributed by atoms with Crippen molar-refractivity contribution in [1.82, 2.24) is 3.11 Å². The summed E-state index contributed by atoms with van der Waals surface area (Å²) in [4.78, 5) is 0. The summed E-state index contributed by atoms with van der Waals surface area (Å²) in [5.74, 6) is 0.605. The van der Waals surface area contributed by atoms with Crippen LogP contribution in [0.25, 0.3) is 0 Å². The summed E-state index contributed by atoms with van der Waals surface area (Å²) < 4.78 is 6.48. The van der Waals surface area contributed by atoms with Crippen LogP contribution in [0.2, 0.25) is 0 Å². The lowest BCUT2D eigenvalue weighted by molar-refractivity contribution is 0.369. The van der Waals surface area contributed by atoms with E-state index in [1.807, 2.05) is 0 Å². The number of hydrogen-bond acceptors (Lipinski definition) is 3. The van der Waals surface area contributed by atoms with Crippen LogP contribution in [0.4, 0.5) is 0 Å². The van der Waals surface area contributed by atoms with Crippen LogP contribution in [0.5, 0.6) is 0 Å². The minimum absolute atomic E-state index is 0.605. The van der Waals surface area contributed by atoms with Crippen LogP contribution in [-0.4, -0.2) is 3.11 Å². The molecular formula is C4H5IN2O. The molecule has 1 rings (SSSR count). The second-order valence-corrected chi connectivity index (χ2v) is 2.31. The third kappa shape index (κ3) is 1.06. The Balaban J connectivity index is 2.63. The summed E-state index contributed by atoms with van der Waals surface area (Å²) in [5, 5.41) is 0. The van der Waals surface area contributed by atoms with Gasteiger partial charge in [-0.05, 0) is 0 Å². The zero-order chi connectivity index (χ0) is 5.98. The first kappa shape index (κ1) is 5.74. The molecule has 3 nitrogen and oxygen atoms in total. The SMILES string of the molecule is NC1=COC=CN1I. The summed E-state index contributed by atoms with van der Waals surface area (Å²) in [6, 6.07) is 0. The quantitative estimate of drug-likeness (QED) is 0.490.